The summed E-state index contributed by atoms with van der Waals surface area (Å²) in [4.78, 5) is 15.2. The van der Waals surface area contributed by atoms with Crippen LogP contribution in [0.5, 0.6) is 0 Å². The van der Waals surface area contributed by atoms with Gasteiger partial charge in [-0.2, -0.15) is 0 Å². The summed E-state index contributed by atoms with van der Waals surface area (Å²) in [6.07, 6.45) is 4.12. The molecule has 0 unspecified atom stereocenters. The Morgan fingerprint density at radius 1 is 1.29 bits per heavy atom. The van der Waals surface area contributed by atoms with Gasteiger partial charge >= 0.3 is 0 Å². The second-order valence-electron chi connectivity index (χ2n) is 7.21. The zero-order valence-corrected chi connectivity index (χ0v) is 14.9. The molecule has 24 heavy (non-hydrogen) atoms. The number of ether oxygens (including phenoxy) is 2. The summed E-state index contributed by atoms with van der Waals surface area (Å²) in [6.45, 7) is 6.59. The first-order chi connectivity index (χ1) is 11.7. The van der Waals surface area contributed by atoms with Crippen molar-refractivity contribution < 1.29 is 14.3 Å². The van der Waals surface area contributed by atoms with Gasteiger partial charge < -0.3 is 9.47 Å². The van der Waals surface area contributed by atoms with E-state index in [4.69, 9.17) is 9.47 Å². The van der Waals surface area contributed by atoms with Crippen molar-refractivity contribution in [1.29, 1.82) is 0 Å². The Labute approximate surface area is 145 Å². The van der Waals surface area contributed by atoms with E-state index in [0.717, 1.165) is 63.2 Å². The smallest absolute Gasteiger partial charge is 0.163 e. The second-order valence-corrected chi connectivity index (χ2v) is 7.21. The maximum Gasteiger partial charge on any atom is 0.163 e. The van der Waals surface area contributed by atoms with Crippen LogP contribution < -0.4 is 0 Å². The maximum absolute atomic E-state index is 12.7. The Balaban J connectivity index is 1.63. The van der Waals surface area contributed by atoms with Crippen LogP contribution in [0.4, 0.5) is 0 Å². The predicted molar refractivity (Wildman–Crippen MR) is 94.4 cm³/mol. The van der Waals surface area contributed by atoms with Gasteiger partial charge in [0.1, 0.15) is 0 Å². The average Bonchev–Trinajstić information content (AvgIpc) is 3.05. The molecule has 1 atom stereocenters. The number of methoxy groups -OCH3 is 1. The first-order valence-electron chi connectivity index (χ1n) is 9.11. The molecule has 0 spiro atoms. The van der Waals surface area contributed by atoms with Crippen molar-refractivity contribution in [2.45, 2.75) is 45.3 Å². The molecule has 2 aliphatic rings. The minimum absolute atomic E-state index is 0.289. The Bertz CT molecular complexity index is 566. The van der Waals surface area contributed by atoms with Crippen LogP contribution in [0.3, 0.4) is 0 Å². The highest BCUT2D eigenvalue weighted by molar-refractivity contribution is 5.97. The number of Topliss-reactive ketones (excluding diaryl/α,β-unsaturated/α-hetero) is 1. The number of hydrogen-bond acceptors (Lipinski definition) is 4. The monoisotopic (exact) mass is 331 g/mol. The third kappa shape index (κ3) is 4.44. The maximum atomic E-state index is 12.7. The number of ketones is 1. The fourth-order valence-corrected chi connectivity index (χ4v) is 3.78. The van der Waals surface area contributed by atoms with Crippen molar-refractivity contribution >= 4 is 5.78 Å². The van der Waals surface area contributed by atoms with Gasteiger partial charge in [-0.15, -0.1) is 0 Å². The minimum Gasteiger partial charge on any atom is -0.381 e. The van der Waals surface area contributed by atoms with E-state index < -0.39 is 0 Å². The molecule has 1 aromatic carbocycles. The van der Waals surface area contributed by atoms with Crippen LogP contribution in [0.15, 0.2) is 18.2 Å². The van der Waals surface area contributed by atoms with Crippen molar-refractivity contribution in [3.8, 4) is 0 Å². The Morgan fingerprint density at radius 2 is 2.08 bits per heavy atom. The highest BCUT2D eigenvalue weighted by atomic mass is 16.5. The van der Waals surface area contributed by atoms with Gasteiger partial charge in [0.05, 0.1) is 6.10 Å². The van der Waals surface area contributed by atoms with Gasteiger partial charge in [0.25, 0.3) is 0 Å². The van der Waals surface area contributed by atoms with Gasteiger partial charge in [-0.1, -0.05) is 12.1 Å². The summed E-state index contributed by atoms with van der Waals surface area (Å²) in [5, 5.41) is 0. The number of rotatable bonds is 6. The van der Waals surface area contributed by atoms with Gasteiger partial charge in [0.15, 0.2) is 5.78 Å². The number of carbonyl (C=O) groups is 1. The molecule has 0 N–H and O–H groups in total. The summed E-state index contributed by atoms with van der Waals surface area (Å²) in [7, 11) is 1.78. The summed E-state index contributed by atoms with van der Waals surface area (Å²) in [5.74, 6) is 0.771. The molecule has 2 fully saturated rings. The molecular weight excluding hydrogens is 302 g/mol. The lowest BCUT2D eigenvalue weighted by molar-refractivity contribution is 0.0601. The van der Waals surface area contributed by atoms with Crippen LogP contribution in [0, 0.1) is 12.8 Å². The van der Waals surface area contributed by atoms with Crippen LogP contribution in [0.25, 0.3) is 0 Å². The highest BCUT2D eigenvalue weighted by Crippen LogP contribution is 2.23. The van der Waals surface area contributed by atoms with E-state index in [-0.39, 0.29) is 5.78 Å². The summed E-state index contributed by atoms with van der Waals surface area (Å²) in [5.41, 5.74) is 3.22. The molecule has 0 aromatic heterocycles. The summed E-state index contributed by atoms with van der Waals surface area (Å²) in [6, 6.07) is 6.36. The zero-order chi connectivity index (χ0) is 16.9. The van der Waals surface area contributed by atoms with E-state index in [1.807, 2.05) is 6.92 Å². The molecule has 1 aromatic rings. The number of nitrogens with zero attached hydrogens (tertiary/aromatic N) is 1. The van der Waals surface area contributed by atoms with Gasteiger partial charge in [0.2, 0.25) is 0 Å². The number of carbonyl (C=O) groups excluding carboxylic acids is 1. The standard InChI is InChI=1S/C20H29NO3/c1-15-3-4-17(13-21-8-5-18(14-21)23-2)11-19(15)20(22)12-16-6-9-24-10-7-16/h3-4,11,16,18H,5-10,12-14H2,1-2H3/t18-/m0/s1. The van der Waals surface area contributed by atoms with Crippen molar-refractivity contribution in [3.63, 3.8) is 0 Å². The average molecular weight is 331 g/mol. The van der Waals surface area contributed by atoms with E-state index in [0.29, 0.717) is 18.4 Å². The molecule has 2 aliphatic heterocycles. The molecule has 3 rings (SSSR count). The van der Waals surface area contributed by atoms with E-state index in [1.165, 1.54) is 5.56 Å². The first kappa shape index (κ1) is 17.6. The molecule has 4 heteroatoms. The van der Waals surface area contributed by atoms with Gasteiger partial charge in [0, 0.05) is 51.9 Å². The molecule has 132 valence electrons. The second kappa shape index (κ2) is 8.24. The lowest BCUT2D eigenvalue weighted by Gasteiger charge is -2.22. The number of likely N-dealkylation sites (tertiary alicyclic amines) is 1. The normalized spacial score (nSPS) is 22.8. The van der Waals surface area contributed by atoms with E-state index >= 15 is 0 Å². The van der Waals surface area contributed by atoms with E-state index in [2.05, 4.69) is 23.1 Å². The van der Waals surface area contributed by atoms with Crippen LogP contribution in [-0.4, -0.2) is 50.2 Å². The Kier molecular flexibility index (Phi) is 6.04. The van der Waals surface area contributed by atoms with Crippen molar-refractivity contribution in [1.82, 2.24) is 4.90 Å². The van der Waals surface area contributed by atoms with Crippen molar-refractivity contribution in [2.75, 3.05) is 33.4 Å². The predicted octanol–water partition coefficient (Wildman–Crippen LogP) is 3.22. The summed E-state index contributed by atoms with van der Waals surface area (Å²) >= 11 is 0. The molecule has 2 heterocycles. The largest absolute Gasteiger partial charge is 0.381 e. The number of aryl methyl sites for hydroxylation is 1. The fourth-order valence-electron chi connectivity index (χ4n) is 3.78. The molecule has 0 bridgehead atoms. The lowest BCUT2D eigenvalue weighted by Crippen LogP contribution is -2.22. The quantitative estimate of drug-likeness (QED) is 0.750. The highest BCUT2D eigenvalue weighted by Gasteiger charge is 2.23. The third-order valence-corrected chi connectivity index (χ3v) is 5.39. The molecule has 0 amide bonds. The molecule has 0 radical (unpaired) electrons. The number of hydrogen-bond donors (Lipinski definition) is 0. The van der Waals surface area contributed by atoms with Gasteiger partial charge in [-0.05, 0) is 49.3 Å². The van der Waals surface area contributed by atoms with Crippen molar-refractivity contribution in [3.05, 3.63) is 34.9 Å². The molecular formula is C20H29NO3. The van der Waals surface area contributed by atoms with Gasteiger partial charge in [-0.3, -0.25) is 9.69 Å². The lowest BCUT2D eigenvalue weighted by atomic mass is 9.90. The van der Waals surface area contributed by atoms with Gasteiger partial charge in [-0.25, -0.2) is 0 Å². The van der Waals surface area contributed by atoms with Crippen LogP contribution in [-0.2, 0) is 16.0 Å². The first-order valence-corrected chi connectivity index (χ1v) is 9.11. The third-order valence-electron chi connectivity index (χ3n) is 5.39. The van der Waals surface area contributed by atoms with E-state index in [1.54, 1.807) is 7.11 Å². The molecule has 2 saturated heterocycles. The topological polar surface area (TPSA) is 38.8 Å². The van der Waals surface area contributed by atoms with E-state index in [9.17, 15) is 4.79 Å². The SMILES string of the molecule is CO[C@H]1CCN(Cc2ccc(C)c(C(=O)CC3CCOCC3)c2)C1. The zero-order valence-electron chi connectivity index (χ0n) is 14.9. The van der Waals surface area contributed by atoms with Crippen molar-refractivity contribution in [2.24, 2.45) is 5.92 Å². The Hall–Kier alpha value is -1.23. The van der Waals surface area contributed by atoms with Crippen LogP contribution in [0.2, 0.25) is 0 Å². The number of benzene rings is 1. The minimum atomic E-state index is 0.289. The Morgan fingerprint density at radius 3 is 2.79 bits per heavy atom. The summed E-state index contributed by atoms with van der Waals surface area (Å²) < 4.78 is 10.8. The fraction of sp³-hybridized carbons (Fsp3) is 0.650. The molecule has 0 saturated carbocycles. The van der Waals surface area contributed by atoms with Crippen LogP contribution >= 0.6 is 0 Å². The molecule has 4 nitrogen and oxygen atoms in total. The molecule has 0 aliphatic carbocycles. The van der Waals surface area contributed by atoms with Crippen LogP contribution in [0.1, 0.15) is 47.2 Å².